The maximum Gasteiger partial charge on any atom is 0.449 e. The molecule has 9 heteroatoms. The van der Waals surface area contributed by atoms with Crippen molar-refractivity contribution in [3.8, 4) is 0 Å². The molecule has 21 heavy (non-hydrogen) atoms. The van der Waals surface area contributed by atoms with Crippen molar-refractivity contribution in [2.24, 2.45) is 0 Å². The molecule has 0 aliphatic rings. The number of carbonyl (C=O) groups excluding carboxylic acids is 1. The minimum absolute atomic E-state index is 0.107. The number of hydrogen-bond acceptors (Lipinski definition) is 3. The van der Waals surface area contributed by atoms with Gasteiger partial charge in [0.05, 0.1) is 11.0 Å². The van der Waals surface area contributed by atoms with Gasteiger partial charge in [0.1, 0.15) is 13.1 Å². The maximum atomic E-state index is 12.9. The van der Waals surface area contributed by atoms with E-state index in [4.69, 9.17) is 5.11 Å². The van der Waals surface area contributed by atoms with E-state index < -0.39 is 37.0 Å². The van der Waals surface area contributed by atoms with Crippen LogP contribution in [0.1, 0.15) is 5.82 Å². The normalized spacial score (nSPS) is 11.6. The first-order chi connectivity index (χ1) is 9.79. The molecule has 0 atom stereocenters. The van der Waals surface area contributed by atoms with Crippen molar-refractivity contribution in [2.45, 2.75) is 12.7 Å². The summed E-state index contributed by atoms with van der Waals surface area (Å²) in [5.41, 5.74) is 0.256. The zero-order chi connectivity index (χ0) is 15.6. The molecule has 1 aromatic carbocycles. The summed E-state index contributed by atoms with van der Waals surface area (Å²) in [6.07, 6.45) is -4.72. The first kappa shape index (κ1) is 14.8. The van der Waals surface area contributed by atoms with Crippen LogP contribution in [0.4, 0.5) is 13.2 Å². The highest BCUT2D eigenvalue weighted by Crippen LogP contribution is 2.31. The predicted molar refractivity (Wildman–Crippen MR) is 65.4 cm³/mol. The second-order valence-corrected chi connectivity index (χ2v) is 4.18. The highest BCUT2D eigenvalue weighted by molar-refractivity contribution is 5.83. The van der Waals surface area contributed by atoms with Gasteiger partial charge in [-0.15, -0.1) is 0 Å². The Morgan fingerprint density at radius 2 is 1.95 bits per heavy atom. The summed E-state index contributed by atoms with van der Waals surface area (Å²) in [4.78, 5) is 25.4. The Labute approximate surface area is 116 Å². The summed E-state index contributed by atoms with van der Waals surface area (Å²) in [6.45, 7) is -1.32. The summed E-state index contributed by atoms with van der Waals surface area (Å²) in [5, 5.41) is 10.4. The number of aliphatic carboxylic acids is 1. The molecule has 0 spiro atoms. The summed E-state index contributed by atoms with van der Waals surface area (Å²) in [7, 11) is 0. The Morgan fingerprint density at radius 1 is 1.29 bits per heavy atom. The third-order valence-electron chi connectivity index (χ3n) is 2.65. The maximum absolute atomic E-state index is 12.9. The van der Waals surface area contributed by atoms with Crippen LogP contribution in [0, 0.1) is 0 Å². The quantitative estimate of drug-likeness (QED) is 0.890. The van der Waals surface area contributed by atoms with E-state index in [1.807, 2.05) is 5.32 Å². The van der Waals surface area contributed by atoms with Crippen LogP contribution in [0.5, 0.6) is 0 Å². The first-order valence-electron chi connectivity index (χ1n) is 5.80. The number of nitrogens with one attached hydrogen (secondary N) is 1. The molecule has 0 aliphatic heterocycles. The molecule has 6 nitrogen and oxygen atoms in total. The van der Waals surface area contributed by atoms with Crippen molar-refractivity contribution >= 4 is 22.9 Å². The molecule has 0 bridgehead atoms. The van der Waals surface area contributed by atoms with Gasteiger partial charge in [-0.3, -0.25) is 9.59 Å². The van der Waals surface area contributed by atoms with Crippen LogP contribution in [0.2, 0.25) is 0 Å². The third-order valence-corrected chi connectivity index (χ3v) is 2.65. The molecule has 2 aromatic rings. The van der Waals surface area contributed by atoms with Crippen molar-refractivity contribution in [3.63, 3.8) is 0 Å². The van der Waals surface area contributed by atoms with E-state index in [1.165, 1.54) is 24.3 Å². The Balaban J connectivity index is 2.37. The number of carboxylic acid groups (broad SMARTS) is 1. The van der Waals surface area contributed by atoms with E-state index in [2.05, 4.69) is 4.98 Å². The molecule has 0 saturated heterocycles. The van der Waals surface area contributed by atoms with Crippen LogP contribution in [0.15, 0.2) is 24.3 Å². The molecule has 2 N–H and O–H groups in total. The molecule has 0 aliphatic carbocycles. The fourth-order valence-electron chi connectivity index (χ4n) is 1.83. The van der Waals surface area contributed by atoms with Gasteiger partial charge in [-0.25, -0.2) is 4.98 Å². The average Bonchev–Trinajstić information content (AvgIpc) is 2.75. The van der Waals surface area contributed by atoms with E-state index in [0.29, 0.717) is 4.57 Å². The fourth-order valence-corrected chi connectivity index (χ4v) is 1.83. The molecule has 1 amide bonds. The molecule has 0 radical (unpaired) electrons. The zero-order valence-electron chi connectivity index (χ0n) is 10.5. The van der Waals surface area contributed by atoms with Gasteiger partial charge >= 0.3 is 12.1 Å². The molecule has 0 fully saturated rings. The second kappa shape index (κ2) is 5.43. The van der Waals surface area contributed by atoms with Gasteiger partial charge in [0.25, 0.3) is 0 Å². The number of para-hydroxylation sites is 2. The summed E-state index contributed by atoms with van der Waals surface area (Å²) in [5.74, 6) is -3.32. The second-order valence-electron chi connectivity index (χ2n) is 4.18. The van der Waals surface area contributed by atoms with E-state index in [0.717, 1.165) is 0 Å². The summed E-state index contributed by atoms with van der Waals surface area (Å²) >= 11 is 0. The smallest absolute Gasteiger partial charge is 0.449 e. The van der Waals surface area contributed by atoms with E-state index in [1.54, 1.807) is 0 Å². The molecule has 1 aromatic heterocycles. The number of hydrogen-bond donors (Lipinski definition) is 2. The SMILES string of the molecule is O=C(O)CNC(=O)Cn1c(C(F)(F)F)nc2ccccc21. The largest absolute Gasteiger partial charge is 0.480 e. The average molecular weight is 301 g/mol. The van der Waals surface area contributed by atoms with Crippen molar-refractivity contribution in [1.82, 2.24) is 14.9 Å². The number of alkyl halides is 3. The summed E-state index contributed by atoms with van der Waals surface area (Å²) < 4.78 is 39.5. The number of fused-ring (bicyclic) bond motifs is 1. The van der Waals surface area contributed by atoms with Crippen LogP contribution in [0.3, 0.4) is 0 Å². The number of nitrogens with zero attached hydrogens (tertiary/aromatic N) is 2. The minimum atomic E-state index is -4.72. The molecule has 0 unspecified atom stereocenters. The van der Waals surface area contributed by atoms with Gasteiger partial charge in [-0.1, -0.05) is 12.1 Å². The standard InChI is InChI=1S/C12H10F3N3O3/c13-12(14,15)11-17-7-3-1-2-4-8(7)18(11)6-9(19)16-5-10(20)21/h1-4H,5-6H2,(H,16,19)(H,20,21). The van der Waals surface area contributed by atoms with Crippen molar-refractivity contribution in [3.05, 3.63) is 30.1 Å². The fraction of sp³-hybridized carbons (Fsp3) is 0.250. The summed E-state index contributed by atoms with van der Waals surface area (Å²) in [6, 6.07) is 5.86. The Kier molecular flexibility index (Phi) is 3.83. The van der Waals surface area contributed by atoms with Gasteiger partial charge < -0.3 is 15.0 Å². The van der Waals surface area contributed by atoms with Crippen LogP contribution in [-0.2, 0) is 22.3 Å². The lowest BCUT2D eigenvalue weighted by atomic mass is 10.3. The molecular formula is C12H10F3N3O3. The van der Waals surface area contributed by atoms with Crippen LogP contribution in [0.25, 0.3) is 11.0 Å². The number of carbonyl (C=O) groups is 2. The van der Waals surface area contributed by atoms with Crippen molar-refractivity contribution in [1.29, 1.82) is 0 Å². The van der Waals surface area contributed by atoms with Gasteiger partial charge in [0.2, 0.25) is 11.7 Å². The van der Waals surface area contributed by atoms with Crippen LogP contribution >= 0.6 is 0 Å². The van der Waals surface area contributed by atoms with Gasteiger partial charge in [-0.2, -0.15) is 13.2 Å². The predicted octanol–water partition coefficient (Wildman–Crippen LogP) is 1.26. The number of imidazole rings is 1. The molecule has 0 saturated carbocycles. The van der Waals surface area contributed by atoms with Gasteiger partial charge in [0.15, 0.2) is 0 Å². The van der Waals surface area contributed by atoms with Crippen LogP contribution in [-0.4, -0.2) is 33.1 Å². The lowest BCUT2D eigenvalue weighted by Crippen LogP contribution is -2.33. The number of carboxylic acids is 1. The van der Waals surface area contributed by atoms with Crippen molar-refractivity contribution in [2.75, 3.05) is 6.54 Å². The topological polar surface area (TPSA) is 84.2 Å². The third kappa shape index (κ3) is 3.30. The van der Waals surface area contributed by atoms with E-state index >= 15 is 0 Å². The number of aromatic nitrogens is 2. The zero-order valence-corrected chi connectivity index (χ0v) is 10.5. The number of amides is 1. The van der Waals surface area contributed by atoms with Gasteiger partial charge in [0, 0.05) is 0 Å². The number of halogens is 3. The molecular weight excluding hydrogens is 291 g/mol. The van der Waals surface area contributed by atoms with E-state index in [9.17, 15) is 22.8 Å². The highest BCUT2D eigenvalue weighted by Gasteiger charge is 2.37. The Hall–Kier alpha value is -2.58. The first-order valence-corrected chi connectivity index (χ1v) is 5.80. The van der Waals surface area contributed by atoms with Crippen molar-refractivity contribution < 1.29 is 27.9 Å². The number of benzene rings is 1. The lowest BCUT2D eigenvalue weighted by molar-refractivity contribution is -0.147. The molecule has 1 heterocycles. The molecule has 2 rings (SSSR count). The lowest BCUT2D eigenvalue weighted by Gasteiger charge is -2.11. The Morgan fingerprint density at radius 3 is 2.57 bits per heavy atom. The molecule has 112 valence electrons. The Bertz CT molecular complexity index is 694. The number of rotatable bonds is 4. The minimum Gasteiger partial charge on any atom is -0.480 e. The van der Waals surface area contributed by atoms with Gasteiger partial charge in [-0.05, 0) is 12.1 Å². The highest BCUT2D eigenvalue weighted by atomic mass is 19.4. The van der Waals surface area contributed by atoms with E-state index in [-0.39, 0.29) is 11.0 Å². The van der Waals surface area contributed by atoms with Crippen LogP contribution < -0.4 is 5.32 Å². The monoisotopic (exact) mass is 301 g/mol.